The summed E-state index contributed by atoms with van der Waals surface area (Å²) in [7, 11) is 0. The second-order valence-corrected chi connectivity index (χ2v) is 9.70. The Morgan fingerprint density at radius 1 is 1.03 bits per heavy atom. The maximum Gasteiger partial charge on any atom is 0.270 e. The predicted molar refractivity (Wildman–Crippen MR) is 137 cm³/mol. The van der Waals surface area contributed by atoms with E-state index in [-0.39, 0.29) is 29.4 Å². The van der Waals surface area contributed by atoms with Crippen LogP contribution in [0.5, 0.6) is 0 Å². The molecular weight excluding hydrogens is 531 g/mol. The lowest BCUT2D eigenvalue weighted by Crippen LogP contribution is -2.26. The molecule has 2 N–H and O–H groups in total. The van der Waals surface area contributed by atoms with Gasteiger partial charge in [0.05, 0.1) is 16.6 Å². The molecule has 0 saturated heterocycles. The van der Waals surface area contributed by atoms with Gasteiger partial charge in [-0.3, -0.25) is 9.59 Å². The van der Waals surface area contributed by atoms with Crippen LogP contribution < -0.4 is 10.6 Å². The van der Waals surface area contributed by atoms with Gasteiger partial charge in [0.2, 0.25) is 0 Å². The van der Waals surface area contributed by atoms with Crippen LogP contribution in [0, 0.1) is 6.92 Å². The van der Waals surface area contributed by atoms with E-state index in [0.29, 0.717) is 44.4 Å². The number of aromatic nitrogens is 2. The van der Waals surface area contributed by atoms with Gasteiger partial charge in [-0.25, -0.2) is 4.98 Å². The van der Waals surface area contributed by atoms with Gasteiger partial charge in [-0.05, 0) is 43.2 Å². The number of halogens is 3. The monoisotopic (exact) mass is 548 g/mol. The van der Waals surface area contributed by atoms with Crippen molar-refractivity contribution in [1.29, 1.82) is 0 Å². The molecule has 0 unspecified atom stereocenters. The van der Waals surface area contributed by atoms with Crippen LogP contribution in [0.1, 0.15) is 37.2 Å². The third kappa shape index (κ3) is 6.02. The minimum Gasteiger partial charge on any atom is -0.360 e. The molecule has 0 aliphatic rings. The number of benzene rings is 2. The van der Waals surface area contributed by atoms with E-state index >= 15 is 0 Å². The Hall–Kier alpha value is -2.91. The van der Waals surface area contributed by atoms with Gasteiger partial charge < -0.3 is 15.2 Å². The van der Waals surface area contributed by atoms with E-state index in [1.807, 2.05) is 18.2 Å². The summed E-state index contributed by atoms with van der Waals surface area (Å²) >= 11 is 19.8. The van der Waals surface area contributed by atoms with Crippen molar-refractivity contribution in [2.24, 2.45) is 0 Å². The quantitative estimate of drug-likeness (QED) is 0.282. The van der Waals surface area contributed by atoms with Crippen LogP contribution in [0.4, 0.5) is 0 Å². The summed E-state index contributed by atoms with van der Waals surface area (Å²) < 4.78 is 5.24. The second kappa shape index (κ2) is 11.2. The fourth-order valence-corrected chi connectivity index (χ4v) is 4.88. The fraction of sp³-hybridized carbons (Fsp3) is 0.167. The number of nitrogens with zero attached hydrogens (tertiary/aromatic N) is 2. The lowest BCUT2D eigenvalue weighted by atomic mass is 10.1. The molecule has 0 spiro atoms. The molecule has 0 saturated carbocycles. The number of carbonyl (C=O) groups excluding carboxylic acids is 2. The summed E-state index contributed by atoms with van der Waals surface area (Å²) in [5, 5.41) is 13.2. The molecule has 2 aromatic heterocycles. The summed E-state index contributed by atoms with van der Waals surface area (Å²) in [6.07, 6.45) is 0.648. The zero-order valence-corrected chi connectivity index (χ0v) is 21.5. The van der Waals surface area contributed by atoms with Gasteiger partial charge in [-0.1, -0.05) is 58.2 Å². The molecule has 7 nitrogen and oxygen atoms in total. The third-order valence-electron chi connectivity index (χ3n) is 5.06. The minimum absolute atomic E-state index is 0.125. The van der Waals surface area contributed by atoms with Crippen LogP contribution in [0.2, 0.25) is 15.1 Å². The average Bonchev–Trinajstić information content (AvgIpc) is 3.44. The molecule has 2 aromatic carbocycles. The largest absolute Gasteiger partial charge is 0.360 e. The van der Waals surface area contributed by atoms with E-state index in [1.165, 1.54) is 11.3 Å². The number of aryl methyl sites for hydroxylation is 1. The molecule has 0 radical (unpaired) electrons. The number of amides is 2. The number of nitrogens with one attached hydrogen (secondary N) is 2. The zero-order chi connectivity index (χ0) is 24.9. The van der Waals surface area contributed by atoms with Crippen molar-refractivity contribution in [3.05, 3.63) is 90.5 Å². The Kier molecular flexibility index (Phi) is 8.07. The molecule has 11 heteroatoms. The van der Waals surface area contributed by atoms with Crippen molar-refractivity contribution in [2.45, 2.75) is 19.9 Å². The predicted octanol–water partition coefficient (Wildman–Crippen LogP) is 5.97. The molecule has 0 bridgehead atoms. The summed E-state index contributed by atoms with van der Waals surface area (Å²) in [5.74, 6) is -0.378. The van der Waals surface area contributed by atoms with E-state index in [4.69, 9.17) is 39.3 Å². The highest BCUT2D eigenvalue weighted by Gasteiger charge is 2.25. The molecule has 4 rings (SSSR count). The first-order valence-corrected chi connectivity index (χ1v) is 12.5. The highest BCUT2D eigenvalue weighted by Crippen LogP contribution is 2.36. The van der Waals surface area contributed by atoms with Crippen molar-refractivity contribution < 1.29 is 14.1 Å². The van der Waals surface area contributed by atoms with E-state index in [2.05, 4.69) is 20.8 Å². The molecular formula is C24H19Cl3N4O3S. The van der Waals surface area contributed by atoms with E-state index in [9.17, 15) is 9.59 Å². The van der Waals surface area contributed by atoms with Crippen molar-refractivity contribution in [3.8, 4) is 11.3 Å². The first-order chi connectivity index (χ1) is 16.8. The molecule has 0 fully saturated rings. The first-order valence-electron chi connectivity index (χ1n) is 10.5. The van der Waals surface area contributed by atoms with Gasteiger partial charge in [0.25, 0.3) is 11.8 Å². The van der Waals surface area contributed by atoms with E-state index in [1.54, 1.807) is 36.6 Å². The number of hydrogen-bond donors (Lipinski definition) is 2. The second-order valence-electron chi connectivity index (χ2n) is 7.50. The maximum absolute atomic E-state index is 12.9. The van der Waals surface area contributed by atoms with E-state index < -0.39 is 5.91 Å². The Balaban J connectivity index is 1.37. The third-order valence-corrected chi connectivity index (χ3v) is 6.78. The van der Waals surface area contributed by atoms with Crippen LogP contribution in [0.15, 0.2) is 52.4 Å². The SMILES string of the molecule is Cc1onc(-c2c(Cl)cccc2Cl)c1C(=O)NCc1nc(C(=O)NCCc2cccc(Cl)c2)cs1. The Bertz CT molecular complexity index is 1370. The van der Waals surface area contributed by atoms with Crippen LogP contribution >= 0.6 is 46.1 Å². The Labute approximate surface area is 220 Å². The van der Waals surface area contributed by atoms with Crippen LogP contribution in [0.3, 0.4) is 0 Å². The van der Waals surface area contributed by atoms with Crippen molar-refractivity contribution in [1.82, 2.24) is 20.8 Å². The summed E-state index contributed by atoms with van der Waals surface area (Å²) in [6, 6.07) is 12.5. The molecule has 0 aliphatic heterocycles. The smallest absolute Gasteiger partial charge is 0.270 e. The Morgan fingerprint density at radius 3 is 2.51 bits per heavy atom. The minimum atomic E-state index is -0.419. The standard InChI is InChI=1S/C24H19Cl3N4O3S/c1-13-20(22(31-34-13)21-16(26)6-3-7-17(21)27)24(33)29-11-19-30-18(12-35-19)23(32)28-9-8-14-4-2-5-15(25)10-14/h2-7,10,12H,8-9,11H2,1H3,(H,28,32)(H,29,33). The van der Waals surface area contributed by atoms with Gasteiger partial charge in [0.15, 0.2) is 0 Å². The molecule has 4 aromatic rings. The number of hydrogen-bond acceptors (Lipinski definition) is 6. The average molecular weight is 550 g/mol. The van der Waals surface area contributed by atoms with Gasteiger partial charge in [-0.2, -0.15) is 0 Å². The van der Waals surface area contributed by atoms with Crippen LogP contribution in [-0.4, -0.2) is 28.5 Å². The highest BCUT2D eigenvalue weighted by atomic mass is 35.5. The molecule has 2 amide bonds. The summed E-state index contributed by atoms with van der Waals surface area (Å²) in [4.78, 5) is 29.7. The van der Waals surface area contributed by atoms with E-state index in [0.717, 1.165) is 5.56 Å². The number of rotatable bonds is 8. The fourth-order valence-electron chi connectivity index (χ4n) is 3.38. The number of thiazole rings is 1. The lowest BCUT2D eigenvalue weighted by Gasteiger charge is -2.07. The van der Waals surface area contributed by atoms with Crippen LogP contribution in [0.25, 0.3) is 11.3 Å². The van der Waals surface area contributed by atoms with Gasteiger partial charge >= 0.3 is 0 Å². The van der Waals surface area contributed by atoms with Gasteiger partial charge in [0.1, 0.15) is 27.7 Å². The van der Waals surface area contributed by atoms with Crippen molar-refractivity contribution in [2.75, 3.05) is 6.54 Å². The molecule has 2 heterocycles. The molecule has 35 heavy (non-hydrogen) atoms. The van der Waals surface area contributed by atoms with Crippen LogP contribution in [-0.2, 0) is 13.0 Å². The zero-order valence-electron chi connectivity index (χ0n) is 18.4. The summed E-state index contributed by atoms with van der Waals surface area (Å²) in [5.41, 5.74) is 2.23. The van der Waals surface area contributed by atoms with Crippen molar-refractivity contribution >= 4 is 58.0 Å². The lowest BCUT2D eigenvalue weighted by molar-refractivity contribution is 0.0944. The number of carbonyl (C=O) groups is 2. The topological polar surface area (TPSA) is 97.1 Å². The summed E-state index contributed by atoms with van der Waals surface area (Å²) in [6.45, 7) is 2.20. The Morgan fingerprint density at radius 2 is 1.77 bits per heavy atom. The van der Waals surface area contributed by atoms with Gasteiger partial charge in [0, 0.05) is 22.5 Å². The molecule has 0 aliphatic carbocycles. The molecule has 0 atom stereocenters. The van der Waals surface area contributed by atoms with Crippen molar-refractivity contribution in [3.63, 3.8) is 0 Å². The highest BCUT2D eigenvalue weighted by molar-refractivity contribution is 7.09. The normalized spacial score (nSPS) is 10.9. The maximum atomic E-state index is 12.9. The first kappa shape index (κ1) is 25.2. The molecule has 180 valence electrons. The van der Waals surface area contributed by atoms with Gasteiger partial charge in [-0.15, -0.1) is 11.3 Å².